The van der Waals surface area contributed by atoms with E-state index in [9.17, 15) is 15.0 Å². The van der Waals surface area contributed by atoms with Crippen molar-refractivity contribution in [1.29, 1.82) is 0 Å². The minimum Gasteiger partial charge on any atom is -0.508 e. The molecule has 2 heterocycles. The standard InChI is InChI=1S/C19H18N2O3/c22-16-8-4-2-6-13(16)18-19-14(9-11(20-18)10-17(23)24)12-5-1-3-7-15(12)21-19/h1-8,11,18,20-22H,9-10H2,(H,23,24). The zero-order valence-electron chi connectivity index (χ0n) is 13.0. The van der Waals surface area contributed by atoms with E-state index in [0.717, 1.165) is 27.7 Å². The van der Waals surface area contributed by atoms with Crippen LogP contribution in [0.3, 0.4) is 0 Å². The van der Waals surface area contributed by atoms with Gasteiger partial charge in [0.1, 0.15) is 5.75 Å². The number of H-pyrrole nitrogens is 1. The van der Waals surface area contributed by atoms with Crippen LogP contribution in [0.1, 0.15) is 29.3 Å². The Morgan fingerprint density at radius 2 is 1.88 bits per heavy atom. The highest BCUT2D eigenvalue weighted by Gasteiger charge is 2.32. The van der Waals surface area contributed by atoms with E-state index in [2.05, 4.69) is 16.4 Å². The summed E-state index contributed by atoms with van der Waals surface area (Å²) in [7, 11) is 0. The molecule has 1 aliphatic heterocycles. The van der Waals surface area contributed by atoms with E-state index in [1.165, 1.54) is 0 Å². The summed E-state index contributed by atoms with van der Waals surface area (Å²) >= 11 is 0. The Kier molecular flexibility index (Phi) is 3.50. The van der Waals surface area contributed by atoms with Gasteiger partial charge in [0.25, 0.3) is 0 Å². The second-order valence-electron chi connectivity index (χ2n) is 6.22. The summed E-state index contributed by atoms with van der Waals surface area (Å²) in [6.07, 6.45) is 0.693. The number of aromatic hydroxyl groups is 1. The summed E-state index contributed by atoms with van der Waals surface area (Å²) in [6, 6.07) is 14.8. The van der Waals surface area contributed by atoms with Gasteiger partial charge in [-0.1, -0.05) is 36.4 Å². The third kappa shape index (κ3) is 2.43. The Bertz CT molecular complexity index is 916. The molecule has 0 fully saturated rings. The first-order valence-electron chi connectivity index (χ1n) is 7.98. The number of fused-ring (bicyclic) bond motifs is 3. The minimum atomic E-state index is -0.827. The van der Waals surface area contributed by atoms with E-state index < -0.39 is 5.97 Å². The molecular weight excluding hydrogens is 304 g/mol. The number of nitrogens with one attached hydrogen (secondary N) is 2. The number of aromatic nitrogens is 1. The number of benzene rings is 2. The van der Waals surface area contributed by atoms with Crippen LogP contribution in [0.4, 0.5) is 0 Å². The van der Waals surface area contributed by atoms with Crippen molar-refractivity contribution in [2.24, 2.45) is 0 Å². The highest BCUT2D eigenvalue weighted by molar-refractivity contribution is 5.85. The number of carbonyl (C=O) groups is 1. The monoisotopic (exact) mass is 322 g/mol. The van der Waals surface area contributed by atoms with Gasteiger partial charge in [0.05, 0.1) is 12.5 Å². The van der Waals surface area contributed by atoms with Crippen LogP contribution >= 0.6 is 0 Å². The van der Waals surface area contributed by atoms with Crippen LogP contribution in [-0.4, -0.2) is 27.2 Å². The number of hydrogen-bond donors (Lipinski definition) is 4. The molecule has 0 aliphatic carbocycles. The lowest BCUT2D eigenvalue weighted by Crippen LogP contribution is -2.41. The molecular formula is C19H18N2O3. The average Bonchev–Trinajstić information content (AvgIpc) is 2.93. The molecule has 0 saturated carbocycles. The zero-order valence-corrected chi connectivity index (χ0v) is 13.0. The molecule has 2 aromatic carbocycles. The number of para-hydroxylation sites is 2. The lowest BCUT2D eigenvalue weighted by atomic mass is 9.89. The molecule has 2 atom stereocenters. The van der Waals surface area contributed by atoms with E-state index in [0.29, 0.717) is 6.42 Å². The summed E-state index contributed by atoms with van der Waals surface area (Å²) in [4.78, 5) is 14.6. The summed E-state index contributed by atoms with van der Waals surface area (Å²) in [5.41, 5.74) is 3.91. The number of carboxylic acids is 1. The van der Waals surface area contributed by atoms with Gasteiger partial charge >= 0.3 is 5.97 Å². The topological polar surface area (TPSA) is 85.3 Å². The molecule has 1 aliphatic rings. The van der Waals surface area contributed by atoms with Crippen LogP contribution < -0.4 is 5.32 Å². The SMILES string of the molecule is O=C(O)CC1Cc2c([nH]c3ccccc23)C(c2ccccc2O)N1. The maximum Gasteiger partial charge on any atom is 0.304 e. The van der Waals surface area contributed by atoms with Gasteiger partial charge < -0.3 is 20.5 Å². The molecule has 5 nitrogen and oxygen atoms in total. The first-order chi connectivity index (χ1) is 11.6. The van der Waals surface area contributed by atoms with Gasteiger partial charge in [-0.25, -0.2) is 0 Å². The normalized spacial score (nSPS) is 20.0. The molecule has 1 aromatic heterocycles. The fourth-order valence-electron chi connectivity index (χ4n) is 3.63. The van der Waals surface area contributed by atoms with Gasteiger partial charge in [0.2, 0.25) is 0 Å². The van der Waals surface area contributed by atoms with E-state index in [-0.39, 0.29) is 24.3 Å². The van der Waals surface area contributed by atoms with Gasteiger partial charge in [-0.3, -0.25) is 4.79 Å². The third-order valence-corrected chi connectivity index (χ3v) is 4.66. The van der Waals surface area contributed by atoms with E-state index >= 15 is 0 Å². The minimum absolute atomic E-state index is 0.0447. The van der Waals surface area contributed by atoms with Crippen molar-refractivity contribution in [2.45, 2.75) is 24.9 Å². The number of hydrogen-bond acceptors (Lipinski definition) is 3. The summed E-state index contributed by atoms with van der Waals surface area (Å²) in [6.45, 7) is 0. The lowest BCUT2D eigenvalue weighted by molar-refractivity contribution is -0.137. The van der Waals surface area contributed by atoms with Gasteiger partial charge in [-0.2, -0.15) is 0 Å². The number of carboxylic acid groups (broad SMARTS) is 1. The molecule has 0 bridgehead atoms. The molecule has 5 heteroatoms. The Hall–Kier alpha value is -2.79. The molecule has 3 aromatic rings. The Morgan fingerprint density at radius 3 is 2.67 bits per heavy atom. The summed E-state index contributed by atoms with van der Waals surface area (Å²) in [5.74, 6) is -0.623. The van der Waals surface area contributed by atoms with Crippen LogP contribution in [0.15, 0.2) is 48.5 Å². The molecule has 0 saturated heterocycles. The van der Waals surface area contributed by atoms with Crippen LogP contribution in [0.5, 0.6) is 5.75 Å². The van der Waals surface area contributed by atoms with Crippen molar-refractivity contribution >= 4 is 16.9 Å². The number of phenols is 1. The molecule has 4 N–H and O–H groups in total. The number of phenolic OH excluding ortho intramolecular Hbond substituents is 1. The summed E-state index contributed by atoms with van der Waals surface area (Å²) in [5, 5.41) is 24.0. The maximum absolute atomic E-state index is 11.2. The van der Waals surface area contributed by atoms with Crippen molar-refractivity contribution in [3.63, 3.8) is 0 Å². The van der Waals surface area contributed by atoms with Gasteiger partial charge in [0, 0.05) is 28.2 Å². The first-order valence-corrected chi connectivity index (χ1v) is 7.98. The first kappa shape index (κ1) is 14.8. The zero-order chi connectivity index (χ0) is 16.7. The molecule has 122 valence electrons. The quantitative estimate of drug-likeness (QED) is 0.597. The van der Waals surface area contributed by atoms with Crippen LogP contribution in [-0.2, 0) is 11.2 Å². The van der Waals surface area contributed by atoms with Crippen molar-refractivity contribution in [3.8, 4) is 5.75 Å². The van der Waals surface area contributed by atoms with Crippen molar-refractivity contribution in [3.05, 3.63) is 65.4 Å². The maximum atomic E-state index is 11.2. The second-order valence-corrected chi connectivity index (χ2v) is 6.22. The van der Waals surface area contributed by atoms with Crippen molar-refractivity contribution < 1.29 is 15.0 Å². The largest absolute Gasteiger partial charge is 0.508 e. The van der Waals surface area contributed by atoms with Gasteiger partial charge in [-0.05, 0) is 24.1 Å². The predicted molar refractivity (Wildman–Crippen MR) is 91.1 cm³/mol. The van der Waals surface area contributed by atoms with Crippen molar-refractivity contribution in [2.75, 3.05) is 0 Å². The molecule has 24 heavy (non-hydrogen) atoms. The van der Waals surface area contributed by atoms with Crippen LogP contribution in [0.25, 0.3) is 10.9 Å². The average molecular weight is 322 g/mol. The highest BCUT2D eigenvalue weighted by Crippen LogP contribution is 2.38. The molecule has 2 unspecified atom stereocenters. The third-order valence-electron chi connectivity index (χ3n) is 4.66. The summed E-state index contributed by atoms with van der Waals surface area (Å²) < 4.78 is 0. The van der Waals surface area contributed by atoms with E-state index in [1.807, 2.05) is 30.3 Å². The Labute approximate surface area is 138 Å². The van der Waals surface area contributed by atoms with E-state index in [1.54, 1.807) is 12.1 Å². The second kappa shape index (κ2) is 5.69. The van der Waals surface area contributed by atoms with Gasteiger partial charge in [-0.15, -0.1) is 0 Å². The Balaban J connectivity index is 1.87. The molecule has 0 radical (unpaired) electrons. The fraction of sp³-hybridized carbons (Fsp3) is 0.211. The van der Waals surface area contributed by atoms with Crippen LogP contribution in [0.2, 0.25) is 0 Å². The lowest BCUT2D eigenvalue weighted by Gasteiger charge is -2.31. The van der Waals surface area contributed by atoms with E-state index in [4.69, 9.17) is 0 Å². The highest BCUT2D eigenvalue weighted by atomic mass is 16.4. The number of rotatable bonds is 3. The number of aromatic amines is 1. The molecule has 0 amide bonds. The number of aliphatic carboxylic acids is 1. The Morgan fingerprint density at radius 1 is 1.12 bits per heavy atom. The smallest absolute Gasteiger partial charge is 0.304 e. The van der Waals surface area contributed by atoms with Gasteiger partial charge in [0.15, 0.2) is 0 Å². The predicted octanol–water partition coefficient (Wildman–Crippen LogP) is 2.95. The van der Waals surface area contributed by atoms with Crippen LogP contribution in [0, 0.1) is 0 Å². The molecule has 0 spiro atoms. The van der Waals surface area contributed by atoms with Crippen molar-refractivity contribution in [1.82, 2.24) is 10.3 Å². The molecule has 4 rings (SSSR count). The fourth-order valence-corrected chi connectivity index (χ4v) is 3.63.